The molecule has 6 rings (SSSR count). The van der Waals surface area contributed by atoms with Crippen LogP contribution in [0.15, 0.2) is 71.8 Å². The molecule has 3 aliphatic rings. The molecule has 13 heteroatoms. The van der Waals surface area contributed by atoms with Gasteiger partial charge in [0, 0.05) is 61.7 Å². The van der Waals surface area contributed by atoms with Crippen LogP contribution in [0.25, 0.3) is 12.2 Å². The average Bonchev–Trinajstić information content (AvgIpc) is 3.14. The third-order valence-electron chi connectivity index (χ3n) is 8.39. The van der Waals surface area contributed by atoms with Gasteiger partial charge in [-0.05, 0) is 74.0 Å². The summed E-state index contributed by atoms with van der Waals surface area (Å²) in [6.45, 7) is 5.49. The number of nitrogens with one attached hydrogen (secondary N) is 1. The maximum atomic E-state index is 12.5. The van der Waals surface area contributed by atoms with Crippen molar-refractivity contribution in [1.82, 2.24) is 10.2 Å². The van der Waals surface area contributed by atoms with Gasteiger partial charge in [-0.25, -0.2) is 4.79 Å². The van der Waals surface area contributed by atoms with E-state index in [4.69, 9.17) is 24.1 Å². The van der Waals surface area contributed by atoms with Gasteiger partial charge in [0.1, 0.15) is 36.2 Å². The predicted octanol–water partition coefficient (Wildman–Crippen LogP) is 4.65. The number of ether oxygens (including phenoxy) is 4. The van der Waals surface area contributed by atoms with Crippen LogP contribution < -0.4 is 29.2 Å². The summed E-state index contributed by atoms with van der Waals surface area (Å²) in [5.74, 6) is 1.79. The number of aliphatic carboxylic acids is 1. The molecule has 2 N–H and O–H groups in total. The molecule has 3 aliphatic heterocycles. The van der Waals surface area contributed by atoms with E-state index in [1.165, 1.54) is 6.07 Å². The van der Waals surface area contributed by atoms with E-state index in [1.807, 2.05) is 30.3 Å². The number of hydrogen-bond donors (Lipinski definition) is 2. The van der Waals surface area contributed by atoms with Crippen molar-refractivity contribution in [3.05, 3.63) is 93.1 Å². The molecule has 0 aromatic heterocycles. The lowest BCUT2D eigenvalue weighted by molar-refractivity contribution is -0.384. The van der Waals surface area contributed by atoms with Crippen molar-refractivity contribution in [2.45, 2.75) is 12.8 Å². The van der Waals surface area contributed by atoms with Crippen molar-refractivity contribution in [2.75, 3.05) is 71.6 Å². The monoisotopic (exact) mass is 672 g/mol. The number of fused-ring (bicyclic) bond motifs is 2. The number of carboxylic acids is 1. The van der Waals surface area contributed by atoms with Crippen molar-refractivity contribution in [3.8, 4) is 23.0 Å². The third kappa shape index (κ3) is 9.29. The smallest absolute Gasteiger partial charge is 0.335 e. The minimum Gasteiger partial charge on any atom is -0.497 e. The van der Waals surface area contributed by atoms with Gasteiger partial charge in [0.2, 0.25) is 0 Å². The van der Waals surface area contributed by atoms with E-state index in [0.717, 1.165) is 73.9 Å². The molecule has 1 amide bonds. The number of piperazine rings is 1. The Bertz CT molecular complexity index is 1730. The van der Waals surface area contributed by atoms with Crippen molar-refractivity contribution in [2.24, 2.45) is 0 Å². The lowest BCUT2D eigenvalue weighted by Gasteiger charge is -2.36. The fourth-order valence-corrected chi connectivity index (χ4v) is 5.63. The molecule has 0 spiro atoms. The van der Waals surface area contributed by atoms with E-state index in [2.05, 4.69) is 15.1 Å². The maximum absolute atomic E-state index is 12.5. The summed E-state index contributed by atoms with van der Waals surface area (Å²) in [6.07, 6.45) is 5.35. The molecule has 3 aromatic carbocycles. The first kappa shape index (κ1) is 34.8. The third-order valence-corrected chi connectivity index (χ3v) is 8.39. The first-order valence-electron chi connectivity index (χ1n) is 16.0. The van der Waals surface area contributed by atoms with Crippen molar-refractivity contribution in [1.29, 1.82) is 0 Å². The molecule has 3 heterocycles. The standard InChI is InChI=1S/C25H30N4O5.C11H10O4/c1-33-23-7-8-24-19(16-23)15-20(18-34-24)25(30)26-9-2-3-10-27-11-13-28(14-12-27)21-5-4-6-22(17-21)29(31)32;1-14-9-2-3-10-7(5-9)4-8(6-15-10)11(12)13/h4-8,15-17H,2-3,9-14,18H2,1H3,(H,26,30);2-5H,6H2,1H3,(H,12,13). The van der Waals surface area contributed by atoms with E-state index < -0.39 is 5.97 Å². The fraction of sp³-hybridized carbons (Fsp3) is 0.333. The van der Waals surface area contributed by atoms with Crippen molar-refractivity contribution in [3.63, 3.8) is 0 Å². The number of unbranched alkanes of at least 4 members (excludes halogenated alkanes) is 1. The second-order valence-corrected chi connectivity index (χ2v) is 11.6. The molecule has 258 valence electrons. The summed E-state index contributed by atoms with van der Waals surface area (Å²) < 4.78 is 21.3. The molecule has 0 unspecified atom stereocenters. The second-order valence-electron chi connectivity index (χ2n) is 11.6. The van der Waals surface area contributed by atoms with E-state index in [9.17, 15) is 19.7 Å². The molecule has 0 saturated carbocycles. The zero-order valence-corrected chi connectivity index (χ0v) is 27.6. The SMILES string of the molecule is COc1ccc2c(c1)C=C(C(=O)NCCCCN1CCN(c3cccc([N+](=O)[O-])c3)CC1)CO2.COc1ccc2c(c1)C=C(C(=O)O)CO2. The van der Waals surface area contributed by atoms with Crippen LogP contribution >= 0.6 is 0 Å². The minimum absolute atomic E-state index is 0.0981. The van der Waals surface area contributed by atoms with Crippen LogP contribution in [0.2, 0.25) is 0 Å². The molecule has 0 radical (unpaired) electrons. The van der Waals surface area contributed by atoms with Gasteiger partial charge >= 0.3 is 5.97 Å². The van der Waals surface area contributed by atoms with Crippen LogP contribution in [-0.4, -0.2) is 93.5 Å². The van der Waals surface area contributed by atoms with E-state index >= 15 is 0 Å². The quantitative estimate of drug-likeness (QED) is 0.166. The molecular weight excluding hydrogens is 632 g/mol. The lowest BCUT2D eigenvalue weighted by atomic mass is 10.1. The second kappa shape index (κ2) is 16.5. The molecule has 3 aromatic rings. The first-order valence-corrected chi connectivity index (χ1v) is 16.0. The van der Waals surface area contributed by atoms with Crippen molar-refractivity contribution < 1.29 is 38.6 Å². The van der Waals surface area contributed by atoms with Gasteiger partial charge in [-0.3, -0.25) is 19.8 Å². The Labute approximate surface area is 284 Å². The number of nitro groups is 1. The highest BCUT2D eigenvalue weighted by Gasteiger charge is 2.20. The van der Waals surface area contributed by atoms with Crippen LogP contribution in [0.4, 0.5) is 11.4 Å². The van der Waals surface area contributed by atoms with Crippen LogP contribution in [0.5, 0.6) is 23.0 Å². The van der Waals surface area contributed by atoms with Gasteiger partial charge in [-0.2, -0.15) is 0 Å². The number of non-ortho nitro benzene ring substituents is 1. The van der Waals surface area contributed by atoms with Crippen LogP contribution in [0, 0.1) is 10.1 Å². The number of anilines is 1. The number of carbonyl (C=O) groups is 2. The van der Waals surface area contributed by atoms with Gasteiger partial charge in [0.15, 0.2) is 0 Å². The summed E-state index contributed by atoms with van der Waals surface area (Å²) in [5.41, 5.74) is 3.46. The molecule has 13 nitrogen and oxygen atoms in total. The number of benzene rings is 3. The van der Waals surface area contributed by atoms with Gasteiger partial charge in [-0.1, -0.05) is 6.07 Å². The van der Waals surface area contributed by atoms with E-state index in [1.54, 1.807) is 50.6 Å². The Morgan fingerprint density at radius 3 is 2.06 bits per heavy atom. The van der Waals surface area contributed by atoms with E-state index in [-0.39, 0.29) is 35.3 Å². The predicted molar refractivity (Wildman–Crippen MR) is 185 cm³/mol. The number of rotatable bonds is 11. The number of methoxy groups -OCH3 is 2. The average molecular weight is 673 g/mol. The van der Waals surface area contributed by atoms with Crippen LogP contribution in [-0.2, 0) is 9.59 Å². The van der Waals surface area contributed by atoms with Crippen LogP contribution in [0.1, 0.15) is 24.0 Å². The molecule has 1 saturated heterocycles. The number of carbonyl (C=O) groups excluding carboxylic acids is 1. The Hall–Kier alpha value is -5.56. The maximum Gasteiger partial charge on any atom is 0.335 e. The zero-order chi connectivity index (χ0) is 34.8. The minimum atomic E-state index is -0.955. The molecular formula is C36H40N4O9. The lowest BCUT2D eigenvalue weighted by Crippen LogP contribution is -2.46. The Morgan fingerprint density at radius 2 is 1.47 bits per heavy atom. The summed E-state index contributed by atoms with van der Waals surface area (Å²) in [6, 6.07) is 17.7. The molecule has 0 aliphatic carbocycles. The number of nitrogens with zero attached hydrogens (tertiary/aromatic N) is 3. The normalized spacial score (nSPS) is 15.0. The van der Waals surface area contributed by atoms with Gasteiger partial charge in [-0.15, -0.1) is 0 Å². The molecule has 1 fully saturated rings. The topological polar surface area (TPSA) is 153 Å². The highest BCUT2D eigenvalue weighted by atomic mass is 16.6. The van der Waals surface area contributed by atoms with Crippen molar-refractivity contribution >= 4 is 35.4 Å². The highest BCUT2D eigenvalue weighted by Crippen LogP contribution is 2.31. The number of amides is 1. The zero-order valence-electron chi connectivity index (χ0n) is 27.6. The first-order chi connectivity index (χ1) is 23.7. The van der Waals surface area contributed by atoms with E-state index in [0.29, 0.717) is 23.6 Å². The summed E-state index contributed by atoms with van der Waals surface area (Å²) in [4.78, 5) is 38.5. The molecule has 0 bridgehead atoms. The highest BCUT2D eigenvalue weighted by molar-refractivity contribution is 5.99. The molecule has 49 heavy (non-hydrogen) atoms. The van der Waals surface area contributed by atoms with Gasteiger partial charge < -0.3 is 34.3 Å². The molecule has 0 atom stereocenters. The fourth-order valence-electron chi connectivity index (χ4n) is 5.63. The van der Waals surface area contributed by atoms with Crippen LogP contribution in [0.3, 0.4) is 0 Å². The van der Waals surface area contributed by atoms with Gasteiger partial charge in [0.05, 0.1) is 30.3 Å². The Kier molecular flexibility index (Phi) is 11.7. The Morgan fingerprint density at radius 1 is 0.857 bits per heavy atom. The summed E-state index contributed by atoms with van der Waals surface area (Å²) in [5, 5.41) is 22.8. The number of nitro benzene ring substituents is 1. The van der Waals surface area contributed by atoms with Gasteiger partial charge in [0.25, 0.3) is 11.6 Å². The summed E-state index contributed by atoms with van der Waals surface area (Å²) in [7, 11) is 3.17. The number of hydrogen-bond acceptors (Lipinski definition) is 10. The Balaban J connectivity index is 0.000000259. The largest absolute Gasteiger partial charge is 0.497 e. The number of carboxylic acid groups (broad SMARTS) is 1. The summed E-state index contributed by atoms with van der Waals surface area (Å²) >= 11 is 0.